The second-order valence-corrected chi connectivity index (χ2v) is 8.86. The van der Waals surface area contributed by atoms with E-state index >= 15 is 0 Å². The molecule has 7 nitrogen and oxygen atoms in total. The van der Waals surface area contributed by atoms with E-state index in [9.17, 15) is 18.9 Å². The maximum absolute atomic E-state index is 12.4. The molecule has 2 atom stereocenters. The van der Waals surface area contributed by atoms with Gasteiger partial charge in [-0.2, -0.15) is 0 Å². The van der Waals surface area contributed by atoms with E-state index in [-0.39, 0.29) is 13.2 Å². The average Bonchev–Trinajstić information content (AvgIpc) is 2.64. The molecule has 0 bridgehead atoms. The zero-order valence-electron chi connectivity index (χ0n) is 15.5. The van der Waals surface area contributed by atoms with Crippen LogP contribution in [0, 0.1) is 4.78 Å². The lowest BCUT2D eigenvalue weighted by atomic mass is 10.0. The first-order valence-electron chi connectivity index (χ1n) is 8.52. The Hall–Kier alpha value is -2.71. The molecule has 2 rings (SSSR count). The number of carbonyl (C=O) groups excluding carboxylic acids is 2. The van der Waals surface area contributed by atoms with E-state index in [4.69, 9.17) is 14.3 Å². The van der Waals surface area contributed by atoms with Crippen LogP contribution in [0.15, 0.2) is 60.7 Å². The number of hydrogen-bond donors (Lipinski definition) is 2. The van der Waals surface area contributed by atoms with E-state index in [1.807, 2.05) is 6.07 Å². The van der Waals surface area contributed by atoms with Gasteiger partial charge in [0.05, 0.1) is 12.2 Å². The fourth-order valence-electron chi connectivity index (χ4n) is 2.52. The van der Waals surface area contributed by atoms with Crippen LogP contribution >= 0.6 is 0 Å². The van der Waals surface area contributed by atoms with Gasteiger partial charge in [-0.05, 0) is 11.1 Å². The van der Waals surface area contributed by atoms with Crippen molar-refractivity contribution in [3.63, 3.8) is 0 Å². The van der Waals surface area contributed by atoms with Crippen LogP contribution in [-0.4, -0.2) is 38.9 Å². The van der Waals surface area contributed by atoms with Crippen molar-refractivity contribution in [1.82, 2.24) is 0 Å². The highest BCUT2D eigenvalue weighted by Gasteiger charge is 2.43. The lowest BCUT2D eigenvalue weighted by Gasteiger charge is -2.25. The molecule has 0 amide bonds. The SMILES string of the molecule is C[S@](=N)(=O)C[C@@](O)(CC(=O)OCc1ccccc1)C(=O)OCc1ccccc1. The molecule has 0 saturated heterocycles. The highest BCUT2D eigenvalue weighted by atomic mass is 32.2. The number of aliphatic hydroxyl groups is 1. The van der Waals surface area contributed by atoms with Crippen molar-refractivity contribution in [3.8, 4) is 0 Å². The van der Waals surface area contributed by atoms with Crippen LogP contribution < -0.4 is 0 Å². The molecule has 28 heavy (non-hydrogen) atoms. The number of esters is 2. The standard InChI is InChI=1S/C20H23NO6S/c1-28(21,25)15-20(24,19(23)27-14-17-10-6-3-7-11-17)12-18(22)26-13-16-8-4-2-5-9-16/h2-11,21,24H,12-15H2,1H3/t20-,28-/m0/s1. The Balaban J connectivity index is 2.03. The Morgan fingerprint density at radius 3 is 1.89 bits per heavy atom. The molecule has 2 aromatic rings. The summed E-state index contributed by atoms with van der Waals surface area (Å²) in [6.07, 6.45) is 0.328. The predicted octanol–water partition coefficient (Wildman–Crippen LogP) is 2.27. The molecule has 0 aliphatic rings. The second-order valence-electron chi connectivity index (χ2n) is 6.57. The van der Waals surface area contributed by atoms with E-state index in [0.29, 0.717) is 5.56 Å². The van der Waals surface area contributed by atoms with Crippen molar-refractivity contribution in [2.45, 2.75) is 25.2 Å². The van der Waals surface area contributed by atoms with E-state index < -0.39 is 39.4 Å². The number of carbonyl (C=O) groups is 2. The summed E-state index contributed by atoms with van der Waals surface area (Å²) in [4.78, 5) is 24.6. The summed E-state index contributed by atoms with van der Waals surface area (Å²) < 4.78 is 29.6. The molecule has 0 aromatic heterocycles. The Kier molecular flexibility index (Phi) is 7.31. The number of rotatable bonds is 9. The van der Waals surface area contributed by atoms with E-state index in [2.05, 4.69) is 0 Å². The van der Waals surface area contributed by atoms with Gasteiger partial charge in [0.15, 0.2) is 5.60 Å². The lowest BCUT2D eigenvalue weighted by molar-refractivity contribution is -0.171. The van der Waals surface area contributed by atoms with Crippen molar-refractivity contribution < 1.29 is 28.4 Å². The van der Waals surface area contributed by atoms with Crippen molar-refractivity contribution in [3.05, 3.63) is 71.8 Å². The van der Waals surface area contributed by atoms with Crippen molar-refractivity contribution in [2.75, 3.05) is 12.0 Å². The van der Waals surface area contributed by atoms with Gasteiger partial charge in [-0.25, -0.2) is 4.79 Å². The summed E-state index contributed by atoms with van der Waals surface area (Å²) >= 11 is 0. The molecular formula is C20H23NO6S. The zero-order valence-corrected chi connectivity index (χ0v) is 16.3. The quantitative estimate of drug-likeness (QED) is 0.619. The number of benzene rings is 2. The molecule has 0 radical (unpaired) electrons. The monoisotopic (exact) mass is 405 g/mol. The van der Waals surface area contributed by atoms with Gasteiger partial charge >= 0.3 is 11.9 Å². The second kappa shape index (κ2) is 9.48. The van der Waals surface area contributed by atoms with E-state index in [1.54, 1.807) is 54.6 Å². The molecule has 8 heteroatoms. The van der Waals surface area contributed by atoms with Gasteiger partial charge in [0.1, 0.15) is 13.2 Å². The van der Waals surface area contributed by atoms with Gasteiger partial charge in [0.25, 0.3) is 0 Å². The van der Waals surface area contributed by atoms with Gasteiger partial charge in [0.2, 0.25) is 0 Å². The van der Waals surface area contributed by atoms with Gasteiger partial charge in [-0.15, -0.1) is 0 Å². The first-order valence-corrected chi connectivity index (χ1v) is 10.7. The van der Waals surface area contributed by atoms with E-state index in [1.165, 1.54) is 0 Å². The maximum Gasteiger partial charge on any atom is 0.340 e. The summed E-state index contributed by atoms with van der Waals surface area (Å²) in [6, 6.07) is 17.7. The summed E-state index contributed by atoms with van der Waals surface area (Å²) in [6.45, 7) is -0.152. The minimum Gasteiger partial charge on any atom is -0.461 e. The smallest absolute Gasteiger partial charge is 0.340 e. The van der Waals surface area contributed by atoms with Crippen molar-refractivity contribution in [1.29, 1.82) is 4.78 Å². The third-order valence-electron chi connectivity index (χ3n) is 3.79. The largest absolute Gasteiger partial charge is 0.461 e. The van der Waals surface area contributed by atoms with Crippen LogP contribution in [0.3, 0.4) is 0 Å². The van der Waals surface area contributed by atoms with Gasteiger partial charge in [-0.3, -0.25) is 13.8 Å². The molecule has 0 aliphatic heterocycles. The average molecular weight is 405 g/mol. The van der Waals surface area contributed by atoms with Gasteiger partial charge in [-0.1, -0.05) is 60.7 Å². The van der Waals surface area contributed by atoms with Crippen LogP contribution in [0.4, 0.5) is 0 Å². The van der Waals surface area contributed by atoms with Gasteiger partial charge < -0.3 is 14.6 Å². The molecule has 0 fully saturated rings. The molecule has 0 unspecified atom stereocenters. The molecule has 0 aliphatic carbocycles. The molecule has 2 aromatic carbocycles. The third-order valence-corrected chi connectivity index (χ3v) is 4.81. The number of ether oxygens (including phenoxy) is 2. The van der Waals surface area contributed by atoms with Crippen LogP contribution in [0.2, 0.25) is 0 Å². The number of nitrogens with one attached hydrogen (secondary N) is 1. The molecule has 0 spiro atoms. The Bertz CT molecular complexity index is 899. The van der Waals surface area contributed by atoms with Crippen LogP contribution in [0.5, 0.6) is 0 Å². The summed E-state index contributed by atoms with van der Waals surface area (Å²) in [5.74, 6) is -2.70. The highest BCUT2D eigenvalue weighted by molar-refractivity contribution is 7.91. The predicted molar refractivity (Wildman–Crippen MR) is 104 cm³/mol. The maximum atomic E-state index is 12.4. The third kappa shape index (κ3) is 7.13. The zero-order chi connectivity index (χ0) is 20.6. The van der Waals surface area contributed by atoms with Crippen LogP contribution in [-0.2, 0) is 42.0 Å². The van der Waals surface area contributed by atoms with Crippen LogP contribution in [0.1, 0.15) is 17.5 Å². The number of hydrogen-bond acceptors (Lipinski definition) is 7. The highest BCUT2D eigenvalue weighted by Crippen LogP contribution is 2.19. The van der Waals surface area contributed by atoms with E-state index in [0.717, 1.165) is 11.8 Å². The topological polar surface area (TPSA) is 114 Å². The minimum absolute atomic E-state index is 0.0306. The van der Waals surface area contributed by atoms with Crippen LogP contribution in [0.25, 0.3) is 0 Å². The molecule has 0 heterocycles. The summed E-state index contributed by atoms with van der Waals surface area (Å²) in [5, 5.41) is 10.7. The fourth-order valence-corrected chi connectivity index (χ4v) is 3.65. The summed E-state index contributed by atoms with van der Waals surface area (Å²) in [5.41, 5.74) is -0.977. The van der Waals surface area contributed by atoms with Crippen molar-refractivity contribution in [2.24, 2.45) is 0 Å². The Morgan fingerprint density at radius 2 is 1.43 bits per heavy atom. The molecule has 0 saturated carbocycles. The Labute approximate surface area is 164 Å². The van der Waals surface area contributed by atoms with Gasteiger partial charge in [0, 0.05) is 16.0 Å². The first-order chi connectivity index (χ1) is 13.2. The minimum atomic E-state index is -3.28. The van der Waals surface area contributed by atoms with Crippen molar-refractivity contribution >= 4 is 21.7 Å². The Morgan fingerprint density at radius 1 is 0.964 bits per heavy atom. The fraction of sp³-hybridized carbons (Fsp3) is 0.300. The molecule has 2 N–H and O–H groups in total. The summed E-state index contributed by atoms with van der Waals surface area (Å²) in [7, 11) is -3.28. The molecule has 150 valence electrons. The lowest BCUT2D eigenvalue weighted by Crippen LogP contribution is -2.47. The first kappa shape index (κ1) is 21.6. The normalized spacial score (nSPS) is 15.1. The molecular weight excluding hydrogens is 382 g/mol.